The first kappa shape index (κ1) is 16.4. The van der Waals surface area contributed by atoms with E-state index in [9.17, 15) is 4.79 Å². The largest absolute Gasteiger partial charge is 0.370 e. The second-order valence-electron chi connectivity index (χ2n) is 6.35. The number of carbonyl (C=O) groups excluding carboxylic acids is 1. The second kappa shape index (κ2) is 7.03. The Morgan fingerprint density at radius 3 is 2.40 bits per heavy atom. The molecule has 0 spiro atoms. The molecule has 2 heterocycles. The van der Waals surface area contributed by atoms with Crippen molar-refractivity contribution in [1.82, 2.24) is 0 Å². The van der Waals surface area contributed by atoms with Crippen LogP contribution in [0.4, 0.5) is 5.69 Å². The average molecular weight is 368 g/mol. The molecule has 0 N–H and O–H groups in total. The van der Waals surface area contributed by atoms with Gasteiger partial charge in [-0.15, -0.1) is 11.3 Å². The predicted molar refractivity (Wildman–Crippen MR) is 105 cm³/mol. The number of Topliss-reactive ketones (excluding diaryl/α,β-unsaturated/α-hetero) is 1. The van der Waals surface area contributed by atoms with E-state index in [1.165, 1.54) is 22.6 Å². The van der Waals surface area contributed by atoms with E-state index in [1.54, 1.807) is 0 Å². The van der Waals surface area contributed by atoms with Gasteiger partial charge in [0.2, 0.25) is 0 Å². The molecule has 0 saturated carbocycles. The van der Waals surface area contributed by atoms with Gasteiger partial charge < -0.3 is 4.90 Å². The van der Waals surface area contributed by atoms with Crippen LogP contribution in [-0.2, 0) is 0 Å². The summed E-state index contributed by atoms with van der Waals surface area (Å²) in [6, 6.07) is 22.1. The first-order valence-corrected chi connectivity index (χ1v) is 9.61. The number of para-hydroxylation sites is 1. The lowest BCUT2D eigenvalue weighted by molar-refractivity contribution is 0.0925. The maximum absolute atomic E-state index is 13.1. The number of benzene rings is 2. The smallest absolute Gasteiger partial charge is 0.178 e. The Morgan fingerprint density at radius 2 is 1.72 bits per heavy atom. The fourth-order valence-electron chi connectivity index (χ4n) is 3.57. The van der Waals surface area contributed by atoms with E-state index in [0.717, 1.165) is 23.0 Å². The molecule has 0 amide bonds. The quantitative estimate of drug-likeness (QED) is 0.567. The highest BCUT2D eigenvalue weighted by atomic mass is 35.5. The molecule has 0 unspecified atom stereocenters. The highest BCUT2D eigenvalue weighted by molar-refractivity contribution is 7.12. The Balaban J connectivity index is 1.67. The van der Waals surface area contributed by atoms with Crippen molar-refractivity contribution in [1.29, 1.82) is 0 Å². The van der Waals surface area contributed by atoms with Gasteiger partial charge in [-0.3, -0.25) is 4.79 Å². The molecule has 4 rings (SSSR count). The molecule has 2 nitrogen and oxygen atoms in total. The van der Waals surface area contributed by atoms with Gasteiger partial charge in [-0.05, 0) is 41.3 Å². The molecule has 1 saturated heterocycles. The average Bonchev–Trinajstić information content (AvgIpc) is 3.33. The highest BCUT2D eigenvalue weighted by Crippen LogP contribution is 2.38. The number of hydrogen-bond donors (Lipinski definition) is 0. The number of rotatable bonds is 4. The molecular weight excluding hydrogens is 350 g/mol. The van der Waals surface area contributed by atoms with E-state index >= 15 is 0 Å². The fraction of sp³-hybridized carbons (Fsp3) is 0.190. The standard InChI is InChI=1S/C21H18ClNOS/c22-16-10-8-15(9-11-16)18-13-23(17-5-2-1-3-6-17)14-19(18)21(24)20-7-4-12-25-20/h1-12,18-19H,13-14H2/t18-,19-/m1/s1. The van der Waals surface area contributed by atoms with Crippen LogP contribution < -0.4 is 4.90 Å². The van der Waals surface area contributed by atoms with Crippen LogP contribution >= 0.6 is 22.9 Å². The molecule has 3 aromatic rings. The van der Waals surface area contributed by atoms with Gasteiger partial charge >= 0.3 is 0 Å². The van der Waals surface area contributed by atoms with E-state index in [1.807, 2.05) is 47.8 Å². The summed E-state index contributed by atoms with van der Waals surface area (Å²) in [7, 11) is 0. The monoisotopic (exact) mass is 367 g/mol. The van der Waals surface area contributed by atoms with E-state index in [2.05, 4.69) is 29.2 Å². The van der Waals surface area contributed by atoms with Crippen molar-refractivity contribution < 1.29 is 4.79 Å². The molecule has 25 heavy (non-hydrogen) atoms. The van der Waals surface area contributed by atoms with Crippen molar-refractivity contribution in [2.45, 2.75) is 5.92 Å². The van der Waals surface area contributed by atoms with Gasteiger partial charge in [0.15, 0.2) is 5.78 Å². The number of carbonyl (C=O) groups is 1. The molecule has 1 fully saturated rings. The Labute approximate surface area is 156 Å². The van der Waals surface area contributed by atoms with Crippen molar-refractivity contribution >= 4 is 34.4 Å². The van der Waals surface area contributed by atoms with Crippen LogP contribution in [0.3, 0.4) is 0 Å². The zero-order valence-corrected chi connectivity index (χ0v) is 15.2. The third-order valence-corrected chi connectivity index (χ3v) is 5.98. The summed E-state index contributed by atoms with van der Waals surface area (Å²) in [5.41, 5.74) is 2.35. The zero-order chi connectivity index (χ0) is 17.2. The summed E-state index contributed by atoms with van der Waals surface area (Å²) >= 11 is 7.57. The minimum absolute atomic E-state index is 0.0416. The van der Waals surface area contributed by atoms with Gasteiger partial charge in [0.05, 0.1) is 4.88 Å². The molecule has 2 atom stereocenters. The lowest BCUT2D eigenvalue weighted by Crippen LogP contribution is -2.23. The highest BCUT2D eigenvalue weighted by Gasteiger charge is 2.39. The van der Waals surface area contributed by atoms with Gasteiger partial charge in [0.1, 0.15) is 0 Å². The van der Waals surface area contributed by atoms with E-state index in [0.29, 0.717) is 0 Å². The normalized spacial score (nSPS) is 20.0. The van der Waals surface area contributed by atoms with Crippen LogP contribution in [0.15, 0.2) is 72.1 Å². The van der Waals surface area contributed by atoms with Crippen molar-refractivity contribution in [2.75, 3.05) is 18.0 Å². The second-order valence-corrected chi connectivity index (χ2v) is 7.73. The number of thiophene rings is 1. The summed E-state index contributed by atoms with van der Waals surface area (Å²) in [6.07, 6.45) is 0. The van der Waals surface area contributed by atoms with Crippen LogP contribution in [0.2, 0.25) is 5.02 Å². The lowest BCUT2D eigenvalue weighted by atomic mass is 9.85. The molecule has 2 aromatic carbocycles. The minimum Gasteiger partial charge on any atom is -0.370 e. The summed E-state index contributed by atoms with van der Waals surface area (Å²) in [5, 5.41) is 2.69. The van der Waals surface area contributed by atoms with Gasteiger partial charge in [0.25, 0.3) is 0 Å². The Bertz CT molecular complexity index is 845. The minimum atomic E-state index is -0.0416. The number of ketones is 1. The molecule has 0 bridgehead atoms. The summed E-state index contributed by atoms with van der Waals surface area (Å²) < 4.78 is 0. The SMILES string of the molecule is O=C(c1cccs1)[C@@H]1CN(c2ccccc2)C[C@@H]1c1ccc(Cl)cc1. The van der Waals surface area contributed by atoms with Crippen LogP contribution in [0.25, 0.3) is 0 Å². The van der Waals surface area contributed by atoms with Crippen LogP contribution in [0.5, 0.6) is 0 Å². The van der Waals surface area contributed by atoms with Gasteiger partial charge in [-0.1, -0.05) is 48.0 Å². The van der Waals surface area contributed by atoms with Gasteiger partial charge in [0, 0.05) is 35.6 Å². The Kier molecular flexibility index (Phi) is 4.60. The fourth-order valence-corrected chi connectivity index (χ4v) is 4.42. The molecule has 1 aliphatic heterocycles. The molecule has 126 valence electrons. The Morgan fingerprint density at radius 1 is 0.960 bits per heavy atom. The van der Waals surface area contributed by atoms with Gasteiger partial charge in [-0.2, -0.15) is 0 Å². The first-order valence-electron chi connectivity index (χ1n) is 8.35. The third kappa shape index (κ3) is 3.35. The lowest BCUT2D eigenvalue weighted by Gasteiger charge is -2.18. The molecule has 1 aliphatic rings. The summed E-state index contributed by atoms with van der Waals surface area (Å²) in [5.74, 6) is 0.375. The topological polar surface area (TPSA) is 20.3 Å². The van der Waals surface area contributed by atoms with Crippen molar-refractivity contribution in [3.63, 3.8) is 0 Å². The molecule has 1 aromatic heterocycles. The van der Waals surface area contributed by atoms with E-state index in [4.69, 9.17) is 11.6 Å². The van der Waals surface area contributed by atoms with Crippen molar-refractivity contribution in [3.8, 4) is 0 Å². The Hall–Kier alpha value is -2.10. The van der Waals surface area contributed by atoms with Gasteiger partial charge in [-0.25, -0.2) is 0 Å². The number of hydrogen-bond acceptors (Lipinski definition) is 3. The van der Waals surface area contributed by atoms with E-state index < -0.39 is 0 Å². The van der Waals surface area contributed by atoms with Crippen LogP contribution in [-0.4, -0.2) is 18.9 Å². The summed E-state index contributed by atoms with van der Waals surface area (Å²) in [6.45, 7) is 1.58. The maximum atomic E-state index is 13.1. The number of anilines is 1. The molecule has 0 aliphatic carbocycles. The zero-order valence-electron chi connectivity index (χ0n) is 13.6. The molecule has 0 radical (unpaired) electrons. The predicted octanol–water partition coefficient (Wildman–Crippen LogP) is 5.50. The first-order chi connectivity index (χ1) is 12.2. The van der Waals surface area contributed by atoms with Crippen LogP contribution in [0, 0.1) is 5.92 Å². The number of halogens is 1. The van der Waals surface area contributed by atoms with E-state index in [-0.39, 0.29) is 17.6 Å². The number of nitrogens with zero attached hydrogens (tertiary/aromatic N) is 1. The maximum Gasteiger partial charge on any atom is 0.178 e. The van der Waals surface area contributed by atoms with Crippen molar-refractivity contribution in [2.24, 2.45) is 5.92 Å². The van der Waals surface area contributed by atoms with Crippen molar-refractivity contribution in [3.05, 3.63) is 87.6 Å². The molecule has 4 heteroatoms. The van der Waals surface area contributed by atoms with Crippen LogP contribution in [0.1, 0.15) is 21.2 Å². The third-order valence-electron chi connectivity index (χ3n) is 4.84. The molecular formula is C21H18ClNOS. The summed E-state index contributed by atoms with van der Waals surface area (Å²) in [4.78, 5) is 16.3.